The number of alkyl carbamates (subject to hydrolysis) is 1. The summed E-state index contributed by atoms with van der Waals surface area (Å²) >= 11 is 1.27. The standard InChI is InChI=1S/C25H24N2O5S/c28-22(27-23(24(29)30)21-11-6-14-33-21)12-5-13-26-25(31)32-15-20-18-9-3-1-7-16(18)17-8-2-4-10-19(17)20/h1-4,6-11,14,20,23H,5,12-13,15H2,(H,26,31)(H,27,28)(H,29,30). The Kier molecular flexibility index (Phi) is 7.04. The van der Waals surface area contributed by atoms with Crippen molar-refractivity contribution in [3.05, 3.63) is 82.0 Å². The molecule has 0 aliphatic heterocycles. The van der Waals surface area contributed by atoms with Gasteiger partial charge >= 0.3 is 12.1 Å². The molecule has 1 aliphatic carbocycles. The Morgan fingerprint density at radius 3 is 2.24 bits per heavy atom. The summed E-state index contributed by atoms with van der Waals surface area (Å²) in [7, 11) is 0. The minimum Gasteiger partial charge on any atom is -0.479 e. The van der Waals surface area contributed by atoms with Gasteiger partial charge in [-0.15, -0.1) is 11.3 Å². The summed E-state index contributed by atoms with van der Waals surface area (Å²) in [6, 6.07) is 18.6. The van der Waals surface area contributed by atoms with Gasteiger partial charge in [0, 0.05) is 23.8 Å². The largest absolute Gasteiger partial charge is 0.479 e. The Hall–Kier alpha value is -3.65. The molecule has 0 spiro atoms. The molecular weight excluding hydrogens is 440 g/mol. The lowest BCUT2D eigenvalue weighted by atomic mass is 9.98. The van der Waals surface area contributed by atoms with E-state index >= 15 is 0 Å². The van der Waals surface area contributed by atoms with E-state index in [-0.39, 0.29) is 31.4 Å². The molecule has 0 bridgehead atoms. The van der Waals surface area contributed by atoms with Crippen molar-refractivity contribution < 1.29 is 24.2 Å². The van der Waals surface area contributed by atoms with Crippen LogP contribution in [0.25, 0.3) is 11.1 Å². The zero-order chi connectivity index (χ0) is 23.2. The molecule has 3 N–H and O–H groups in total. The van der Waals surface area contributed by atoms with Gasteiger partial charge in [-0.1, -0.05) is 54.6 Å². The van der Waals surface area contributed by atoms with Crippen molar-refractivity contribution in [2.24, 2.45) is 0 Å². The summed E-state index contributed by atoms with van der Waals surface area (Å²) in [5.41, 5.74) is 4.61. The van der Waals surface area contributed by atoms with Gasteiger partial charge in [-0.2, -0.15) is 0 Å². The van der Waals surface area contributed by atoms with E-state index in [2.05, 4.69) is 34.9 Å². The summed E-state index contributed by atoms with van der Waals surface area (Å²) < 4.78 is 5.46. The van der Waals surface area contributed by atoms with Crippen LogP contribution in [0.15, 0.2) is 66.0 Å². The molecule has 0 saturated heterocycles. The molecule has 0 fully saturated rings. The third-order valence-corrected chi connectivity index (χ3v) is 6.51. The molecule has 4 rings (SSSR count). The van der Waals surface area contributed by atoms with E-state index in [1.165, 1.54) is 11.3 Å². The van der Waals surface area contributed by atoms with Gasteiger partial charge in [0.05, 0.1) is 0 Å². The van der Waals surface area contributed by atoms with E-state index in [0.29, 0.717) is 11.3 Å². The zero-order valence-electron chi connectivity index (χ0n) is 17.8. The van der Waals surface area contributed by atoms with Crippen molar-refractivity contribution in [1.29, 1.82) is 0 Å². The van der Waals surface area contributed by atoms with Gasteiger partial charge < -0.3 is 20.5 Å². The third-order valence-electron chi connectivity index (χ3n) is 5.57. The highest BCUT2D eigenvalue weighted by Gasteiger charge is 2.29. The third kappa shape index (κ3) is 5.23. The van der Waals surface area contributed by atoms with Crippen LogP contribution in [0.4, 0.5) is 4.79 Å². The van der Waals surface area contributed by atoms with Crippen LogP contribution in [0.1, 0.15) is 40.8 Å². The highest BCUT2D eigenvalue weighted by atomic mass is 32.1. The first-order valence-corrected chi connectivity index (χ1v) is 11.6. The van der Waals surface area contributed by atoms with Gasteiger partial charge in [0.15, 0.2) is 6.04 Å². The maximum atomic E-state index is 12.2. The molecule has 2 amide bonds. The minimum absolute atomic E-state index is 0.0147. The quantitative estimate of drug-likeness (QED) is 0.410. The van der Waals surface area contributed by atoms with Gasteiger partial charge in [0.1, 0.15) is 6.61 Å². The number of carbonyl (C=O) groups is 3. The Labute approximate surface area is 195 Å². The molecule has 8 heteroatoms. The van der Waals surface area contributed by atoms with E-state index in [1.807, 2.05) is 24.3 Å². The van der Waals surface area contributed by atoms with E-state index in [1.54, 1.807) is 17.5 Å². The molecule has 7 nitrogen and oxygen atoms in total. The van der Waals surface area contributed by atoms with Gasteiger partial charge in [-0.25, -0.2) is 9.59 Å². The van der Waals surface area contributed by atoms with Crippen LogP contribution >= 0.6 is 11.3 Å². The highest BCUT2D eigenvalue weighted by Crippen LogP contribution is 2.44. The fourth-order valence-electron chi connectivity index (χ4n) is 4.03. The van der Waals surface area contributed by atoms with Gasteiger partial charge in [-0.3, -0.25) is 4.79 Å². The maximum absolute atomic E-state index is 12.2. The number of hydrogen-bond donors (Lipinski definition) is 3. The topological polar surface area (TPSA) is 105 Å². The average Bonchev–Trinajstić information content (AvgIpc) is 3.45. The number of amides is 2. The molecule has 1 aliphatic rings. The molecule has 3 aromatic rings. The van der Waals surface area contributed by atoms with Crippen molar-refractivity contribution >= 4 is 29.3 Å². The van der Waals surface area contributed by atoms with Crippen LogP contribution in [0.3, 0.4) is 0 Å². The number of aliphatic carboxylic acids is 1. The van der Waals surface area contributed by atoms with Crippen LogP contribution in [0, 0.1) is 0 Å². The Balaban J connectivity index is 1.21. The Morgan fingerprint density at radius 1 is 0.970 bits per heavy atom. The van der Waals surface area contributed by atoms with Crippen molar-refractivity contribution in [2.75, 3.05) is 13.2 Å². The number of thiophene rings is 1. The van der Waals surface area contributed by atoms with Crippen LogP contribution < -0.4 is 10.6 Å². The lowest BCUT2D eigenvalue weighted by molar-refractivity contribution is -0.141. The molecule has 1 unspecified atom stereocenters. The van der Waals surface area contributed by atoms with Crippen molar-refractivity contribution in [2.45, 2.75) is 24.8 Å². The van der Waals surface area contributed by atoms with Gasteiger partial charge in [0.25, 0.3) is 0 Å². The van der Waals surface area contributed by atoms with E-state index in [0.717, 1.165) is 22.3 Å². The second-order valence-corrected chi connectivity index (χ2v) is 8.69. The number of carboxylic acids is 1. The van der Waals surface area contributed by atoms with Crippen LogP contribution in [0.2, 0.25) is 0 Å². The number of rotatable bonds is 9. The summed E-state index contributed by atoms with van der Waals surface area (Å²) in [5, 5.41) is 16.3. The van der Waals surface area contributed by atoms with E-state index in [4.69, 9.17) is 4.74 Å². The molecule has 170 valence electrons. The maximum Gasteiger partial charge on any atom is 0.407 e. The minimum atomic E-state index is -1.11. The SMILES string of the molecule is O=C(CCCNC(=O)OCC1c2ccccc2-c2ccccc21)NC(C(=O)O)c1cccs1. The molecular formula is C25H24N2O5S. The molecule has 1 atom stereocenters. The first kappa shape index (κ1) is 22.5. The Morgan fingerprint density at radius 2 is 1.64 bits per heavy atom. The summed E-state index contributed by atoms with van der Waals surface area (Å²) in [6.07, 6.45) is -0.0784. The summed E-state index contributed by atoms with van der Waals surface area (Å²) in [6.45, 7) is 0.474. The first-order chi connectivity index (χ1) is 16.0. The molecule has 0 radical (unpaired) electrons. The number of nitrogens with one attached hydrogen (secondary N) is 2. The average molecular weight is 465 g/mol. The van der Waals surface area contributed by atoms with Crippen molar-refractivity contribution in [3.8, 4) is 11.1 Å². The van der Waals surface area contributed by atoms with Crippen LogP contribution in [0.5, 0.6) is 0 Å². The van der Waals surface area contributed by atoms with Crippen molar-refractivity contribution in [1.82, 2.24) is 10.6 Å². The number of carbonyl (C=O) groups excluding carboxylic acids is 2. The smallest absolute Gasteiger partial charge is 0.407 e. The number of ether oxygens (including phenoxy) is 1. The molecule has 1 heterocycles. The monoisotopic (exact) mass is 464 g/mol. The van der Waals surface area contributed by atoms with Gasteiger partial charge in [0.2, 0.25) is 5.91 Å². The number of hydrogen-bond acceptors (Lipinski definition) is 5. The fourth-order valence-corrected chi connectivity index (χ4v) is 4.80. The van der Waals surface area contributed by atoms with Gasteiger partial charge in [-0.05, 0) is 40.1 Å². The summed E-state index contributed by atoms with van der Waals surface area (Å²) in [5.74, 6) is -1.51. The Bertz CT molecular complexity index is 1100. The van der Waals surface area contributed by atoms with Crippen LogP contribution in [-0.4, -0.2) is 36.2 Å². The predicted molar refractivity (Wildman–Crippen MR) is 125 cm³/mol. The number of benzene rings is 2. The molecule has 2 aromatic carbocycles. The zero-order valence-corrected chi connectivity index (χ0v) is 18.6. The number of carboxylic acid groups (broad SMARTS) is 1. The second kappa shape index (κ2) is 10.3. The highest BCUT2D eigenvalue weighted by molar-refractivity contribution is 7.10. The fraction of sp³-hybridized carbons (Fsp3) is 0.240. The van der Waals surface area contributed by atoms with E-state index < -0.39 is 18.1 Å². The molecule has 33 heavy (non-hydrogen) atoms. The lowest BCUT2D eigenvalue weighted by Crippen LogP contribution is -2.34. The molecule has 0 saturated carbocycles. The van der Waals surface area contributed by atoms with E-state index in [9.17, 15) is 19.5 Å². The number of fused-ring (bicyclic) bond motifs is 3. The first-order valence-electron chi connectivity index (χ1n) is 10.7. The molecule has 1 aromatic heterocycles. The normalized spacial score (nSPS) is 13.0. The lowest BCUT2D eigenvalue weighted by Gasteiger charge is -2.15. The summed E-state index contributed by atoms with van der Waals surface area (Å²) in [4.78, 5) is 36.3. The van der Waals surface area contributed by atoms with Crippen molar-refractivity contribution in [3.63, 3.8) is 0 Å². The second-order valence-electron chi connectivity index (χ2n) is 7.71. The predicted octanol–water partition coefficient (Wildman–Crippen LogP) is 4.31. The van der Waals surface area contributed by atoms with Crippen LogP contribution in [-0.2, 0) is 14.3 Å².